The van der Waals surface area contributed by atoms with E-state index in [9.17, 15) is 4.79 Å². The van der Waals surface area contributed by atoms with Crippen LogP contribution in [0.5, 0.6) is 5.75 Å². The van der Waals surface area contributed by atoms with Gasteiger partial charge < -0.3 is 15.0 Å². The molecule has 2 N–H and O–H groups in total. The third kappa shape index (κ3) is 6.58. The highest BCUT2D eigenvalue weighted by atomic mass is 35.5. The summed E-state index contributed by atoms with van der Waals surface area (Å²) in [6.07, 6.45) is 0.946. The van der Waals surface area contributed by atoms with Gasteiger partial charge in [-0.25, -0.2) is 0 Å². The molecule has 0 aliphatic carbocycles. The number of amides is 1. The SMILES string of the molecule is C[NH+](C)CCCNC(=O)c1cccc(OCc2ccc(Cl)c(Cl)c2)c1. The lowest BCUT2D eigenvalue weighted by atomic mass is 10.2. The van der Waals surface area contributed by atoms with E-state index >= 15 is 0 Å². The highest BCUT2D eigenvalue weighted by Crippen LogP contribution is 2.23. The predicted molar refractivity (Wildman–Crippen MR) is 102 cm³/mol. The number of ether oxygens (including phenoxy) is 1. The number of carbonyl (C=O) groups is 1. The Morgan fingerprint density at radius 2 is 1.92 bits per heavy atom. The maximum Gasteiger partial charge on any atom is 0.251 e. The van der Waals surface area contributed by atoms with Crippen molar-refractivity contribution in [2.75, 3.05) is 27.2 Å². The molecule has 0 unspecified atom stereocenters. The van der Waals surface area contributed by atoms with E-state index in [4.69, 9.17) is 27.9 Å². The summed E-state index contributed by atoms with van der Waals surface area (Å²) in [6.45, 7) is 2.04. The average molecular weight is 382 g/mol. The third-order valence-corrected chi connectivity index (χ3v) is 4.36. The van der Waals surface area contributed by atoms with E-state index in [1.807, 2.05) is 18.2 Å². The Kier molecular flexibility index (Phi) is 7.56. The fourth-order valence-electron chi connectivity index (χ4n) is 2.27. The van der Waals surface area contributed by atoms with Gasteiger partial charge in [-0.15, -0.1) is 0 Å². The number of nitrogens with one attached hydrogen (secondary N) is 2. The zero-order valence-corrected chi connectivity index (χ0v) is 16.0. The van der Waals surface area contributed by atoms with Crippen LogP contribution in [-0.2, 0) is 6.61 Å². The van der Waals surface area contributed by atoms with Gasteiger partial charge >= 0.3 is 0 Å². The summed E-state index contributed by atoms with van der Waals surface area (Å²) in [7, 11) is 4.19. The Morgan fingerprint density at radius 1 is 1.12 bits per heavy atom. The van der Waals surface area contributed by atoms with Crippen molar-refractivity contribution in [3.63, 3.8) is 0 Å². The molecule has 134 valence electrons. The molecule has 4 nitrogen and oxygen atoms in total. The Balaban J connectivity index is 1.89. The topological polar surface area (TPSA) is 42.8 Å². The van der Waals surface area contributed by atoms with Crippen molar-refractivity contribution < 1.29 is 14.4 Å². The Labute approximate surface area is 158 Å². The van der Waals surface area contributed by atoms with Crippen LogP contribution < -0.4 is 15.0 Å². The van der Waals surface area contributed by atoms with Crippen molar-refractivity contribution in [2.45, 2.75) is 13.0 Å². The first-order chi connectivity index (χ1) is 12.0. The van der Waals surface area contributed by atoms with Gasteiger partial charge in [0.1, 0.15) is 12.4 Å². The summed E-state index contributed by atoms with van der Waals surface area (Å²) in [5, 5.41) is 3.94. The van der Waals surface area contributed by atoms with Gasteiger partial charge in [0.15, 0.2) is 0 Å². The fourth-order valence-corrected chi connectivity index (χ4v) is 2.59. The number of hydrogen-bond donors (Lipinski definition) is 2. The Hall–Kier alpha value is -1.75. The van der Waals surface area contributed by atoms with Crippen LogP contribution in [0.25, 0.3) is 0 Å². The van der Waals surface area contributed by atoms with Gasteiger partial charge in [-0.2, -0.15) is 0 Å². The van der Waals surface area contributed by atoms with Gasteiger partial charge in [-0.05, 0) is 35.9 Å². The quantitative estimate of drug-likeness (QED) is 0.690. The van der Waals surface area contributed by atoms with Crippen LogP contribution in [0.15, 0.2) is 42.5 Å². The average Bonchev–Trinajstić information content (AvgIpc) is 2.59. The van der Waals surface area contributed by atoms with Crippen molar-refractivity contribution in [3.8, 4) is 5.75 Å². The van der Waals surface area contributed by atoms with E-state index in [1.165, 1.54) is 4.90 Å². The van der Waals surface area contributed by atoms with E-state index in [2.05, 4.69) is 19.4 Å². The van der Waals surface area contributed by atoms with E-state index in [-0.39, 0.29) is 5.91 Å². The number of carbonyl (C=O) groups excluding carboxylic acids is 1. The molecule has 2 aromatic rings. The molecule has 0 radical (unpaired) electrons. The molecule has 25 heavy (non-hydrogen) atoms. The molecule has 0 atom stereocenters. The minimum absolute atomic E-state index is 0.0891. The second-order valence-corrected chi connectivity index (χ2v) is 6.95. The minimum atomic E-state index is -0.0891. The first kappa shape index (κ1) is 19.6. The van der Waals surface area contributed by atoms with Crippen molar-refractivity contribution >= 4 is 29.1 Å². The number of halogens is 2. The monoisotopic (exact) mass is 381 g/mol. The molecular formula is C19H23Cl2N2O2+. The summed E-state index contributed by atoms with van der Waals surface area (Å²) in [5.41, 5.74) is 1.50. The summed E-state index contributed by atoms with van der Waals surface area (Å²) < 4.78 is 5.75. The van der Waals surface area contributed by atoms with Crippen LogP contribution in [-0.4, -0.2) is 33.1 Å². The van der Waals surface area contributed by atoms with E-state index in [1.54, 1.807) is 24.3 Å². The largest absolute Gasteiger partial charge is 0.489 e. The minimum Gasteiger partial charge on any atom is -0.489 e. The summed E-state index contributed by atoms with van der Waals surface area (Å²) >= 11 is 11.9. The summed E-state index contributed by atoms with van der Waals surface area (Å²) in [5.74, 6) is 0.546. The van der Waals surface area contributed by atoms with Crippen molar-refractivity contribution in [1.29, 1.82) is 0 Å². The molecular weight excluding hydrogens is 359 g/mol. The molecule has 1 amide bonds. The number of benzene rings is 2. The highest BCUT2D eigenvalue weighted by Gasteiger charge is 2.07. The molecule has 0 aliphatic rings. The fraction of sp³-hybridized carbons (Fsp3) is 0.316. The molecule has 0 bridgehead atoms. The molecule has 0 aromatic heterocycles. The smallest absolute Gasteiger partial charge is 0.251 e. The normalized spacial score (nSPS) is 10.8. The standard InChI is InChI=1S/C19H22Cl2N2O2/c1-23(2)10-4-9-22-19(24)15-5-3-6-16(12-15)25-13-14-7-8-17(20)18(21)11-14/h3,5-8,11-12H,4,9-10,13H2,1-2H3,(H,22,24)/p+1. The van der Waals surface area contributed by atoms with Crippen molar-refractivity contribution in [1.82, 2.24) is 5.32 Å². The zero-order valence-electron chi connectivity index (χ0n) is 14.4. The number of rotatable bonds is 8. The lowest BCUT2D eigenvalue weighted by molar-refractivity contribution is -0.858. The maximum atomic E-state index is 12.2. The third-order valence-electron chi connectivity index (χ3n) is 3.62. The lowest BCUT2D eigenvalue weighted by Gasteiger charge is -2.10. The first-order valence-electron chi connectivity index (χ1n) is 8.19. The summed E-state index contributed by atoms with van der Waals surface area (Å²) in [6, 6.07) is 12.5. The van der Waals surface area contributed by atoms with Gasteiger partial charge in [-0.1, -0.05) is 35.3 Å². The van der Waals surface area contributed by atoms with Gasteiger partial charge in [0, 0.05) is 18.5 Å². The number of quaternary nitrogens is 1. The van der Waals surface area contributed by atoms with E-state index in [0.717, 1.165) is 18.5 Å². The maximum absolute atomic E-state index is 12.2. The van der Waals surface area contributed by atoms with E-state index in [0.29, 0.717) is 34.5 Å². The first-order valence-corrected chi connectivity index (χ1v) is 8.95. The predicted octanol–water partition coefficient (Wildman–Crippen LogP) is 2.84. The van der Waals surface area contributed by atoms with Crippen molar-refractivity contribution in [3.05, 3.63) is 63.6 Å². The van der Waals surface area contributed by atoms with Crippen LogP contribution in [0.1, 0.15) is 22.3 Å². The molecule has 0 spiro atoms. The Bertz CT molecular complexity index is 720. The van der Waals surface area contributed by atoms with Crippen LogP contribution in [0.4, 0.5) is 0 Å². The van der Waals surface area contributed by atoms with Gasteiger partial charge in [0.05, 0.1) is 30.7 Å². The summed E-state index contributed by atoms with van der Waals surface area (Å²) in [4.78, 5) is 13.6. The molecule has 0 saturated carbocycles. The lowest BCUT2D eigenvalue weighted by Crippen LogP contribution is -3.05. The van der Waals surface area contributed by atoms with Crippen LogP contribution >= 0.6 is 23.2 Å². The van der Waals surface area contributed by atoms with Gasteiger partial charge in [0.2, 0.25) is 0 Å². The molecule has 2 rings (SSSR count). The second-order valence-electron chi connectivity index (χ2n) is 6.13. The van der Waals surface area contributed by atoms with Gasteiger partial charge in [0.25, 0.3) is 5.91 Å². The van der Waals surface area contributed by atoms with Crippen LogP contribution in [0, 0.1) is 0 Å². The molecule has 0 aliphatic heterocycles. The number of hydrogen-bond acceptors (Lipinski definition) is 2. The molecule has 0 saturated heterocycles. The molecule has 0 heterocycles. The molecule has 2 aromatic carbocycles. The van der Waals surface area contributed by atoms with Gasteiger partial charge in [-0.3, -0.25) is 4.79 Å². The van der Waals surface area contributed by atoms with Crippen LogP contribution in [0.2, 0.25) is 10.0 Å². The van der Waals surface area contributed by atoms with Crippen LogP contribution in [0.3, 0.4) is 0 Å². The second kappa shape index (κ2) is 9.66. The van der Waals surface area contributed by atoms with Crippen molar-refractivity contribution in [2.24, 2.45) is 0 Å². The highest BCUT2D eigenvalue weighted by molar-refractivity contribution is 6.42. The molecule has 0 fully saturated rings. The molecule has 6 heteroatoms. The Morgan fingerprint density at radius 3 is 2.64 bits per heavy atom. The zero-order chi connectivity index (χ0) is 18.2. The van der Waals surface area contributed by atoms with E-state index < -0.39 is 0 Å².